The Kier molecular flexibility index (Phi) is 7.33. The lowest BCUT2D eigenvalue weighted by Crippen LogP contribution is -2.40. The SMILES string of the molecule is CN=C(NCCOc1ccccc1)NCCOc1ccccc1. The number of para-hydroxylation sites is 2. The third-order valence-electron chi connectivity index (χ3n) is 3.04. The van der Waals surface area contributed by atoms with E-state index in [0.717, 1.165) is 17.5 Å². The third kappa shape index (κ3) is 6.74. The van der Waals surface area contributed by atoms with E-state index in [-0.39, 0.29) is 0 Å². The van der Waals surface area contributed by atoms with Crippen LogP contribution in [0, 0.1) is 0 Å². The molecule has 0 fully saturated rings. The van der Waals surface area contributed by atoms with Gasteiger partial charge in [-0.25, -0.2) is 0 Å². The van der Waals surface area contributed by atoms with Crippen molar-refractivity contribution < 1.29 is 9.47 Å². The highest BCUT2D eigenvalue weighted by Gasteiger charge is 1.98. The van der Waals surface area contributed by atoms with Crippen LogP contribution in [-0.2, 0) is 0 Å². The molecule has 2 N–H and O–H groups in total. The molecule has 0 heterocycles. The molecule has 122 valence electrons. The van der Waals surface area contributed by atoms with Gasteiger partial charge in [-0.15, -0.1) is 0 Å². The summed E-state index contributed by atoms with van der Waals surface area (Å²) < 4.78 is 11.2. The molecular formula is C18H23N3O2. The average molecular weight is 313 g/mol. The van der Waals surface area contributed by atoms with Gasteiger partial charge in [0, 0.05) is 7.05 Å². The molecule has 5 heteroatoms. The van der Waals surface area contributed by atoms with E-state index in [0.29, 0.717) is 26.3 Å². The van der Waals surface area contributed by atoms with Gasteiger partial charge in [0.05, 0.1) is 13.1 Å². The molecule has 0 saturated heterocycles. The predicted molar refractivity (Wildman–Crippen MR) is 93.2 cm³/mol. The van der Waals surface area contributed by atoms with Crippen molar-refractivity contribution in [3.05, 3.63) is 60.7 Å². The Bertz CT molecular complexity index is 524. The molecule has 0 spiro atoms. The summed E-state index contributed by atoms with van der Waals surface area (Å²) in [4.78, 5) is 4.16. The molecule has 5 nitrogen and oxygen atoms in total. The van der Waals surface area contributed by atoms with Crippen LogP contribution in [0.5, 0.6) is 11.5 Å². The number of hydrogen-bond acceptors (Lipinski definition) is 3. The molecule has 0 saturated carbocycles. The number of ether oxygens (including phenoxy) is 2. The Balaban J connectivity index is 1.56. The Labute approximate surface area is 137 Å². The second kappa shape index (κ2) is 10.1. The average Bonchev–Trinajstić information content (AvgIpc) is 2.62. The van der Waals surface area contributed by atoms with Crippen LogP contribution in [0.25, 0.3) is 0 Å². The van der Waals surface area contributed by atoms with Crippen molar-refractivity contribution in [1.82, 2.24) is 10.6 Å². The summed E-state index contributed by atoms with van der Waals surface area (Å²) in [6.07, 6.45) is 0. The van der Waals surface area contributed by atoms with Gasteiger partial charge >= 0.3 is 0 Å². The zero-order valence-corrected chi connectivity index (χ0v) is 13.4. The summed E-state index contributed by atoms with van der Waals surface area (Å²) in [7, 11) is 1.74. The van der Waals surface area contributed by atoms with E-state index in [2.05, 4.69) is 15.6 Å². The zero-order valence-electron chi connectivity index (χ0n) is 13.4. The molecule has 0 atom stereocenters. The molecule has 0 aliphatic heterocycles. The number of benzene rings is 2. The van der Waals surface area contributed by atoms with Gasteiger partial charge in [-0.1, -0.05) is 36.4 Å². The zero-order chi connectivity index (χ0) is 16.2. The highest BCUT2D eigenvalue weighted by molar-refractivity contribution is 5.79. The minimum atomic E-state index is 0.575. The van der Waals surface area contributed by atoms with Crippen molar-refractivity contribution >= 4 is 5.96 Å². The van der Waals surface area contributed by atoms with Gasteiger partial charge in [0.25, 0.3) is 0 Å². The van der Waals surface area contributed by atoms with Crippen LogP contribution in [0.2, 0.25) is 0 Å². The fourth-order valence-electron chi connectivity index (χ4n) is 1.93. The second-order valence-corrected chi connectivity index (χ2v) is 4.75. The van der Waals surface area contributed by atoms with Crippen LogP contribution in [0.3, 0.4) is 0 Å². The minimum absolute atomic E-state index is 0.575. The Hall–Kier alpha value is -2.69. The smallest absolute Gasteiger partial charge is 0.191 e. The van der Waals surface area contributed by atoms with Crippen LogP contribution in [0.15, 0.2) is 65.7 Å². The lowest BCUT2D eigenvalue weighted by molar-refractivity contribution is 0.317. The monoisotopic (exact) mass is 313 g/mol. The molecule has 0 bridgehead atoms. The highest BCUT2D eigenvalue weighted by Crippen LogP contribution is 2.08. The largest absolute Gasteiger partial charge is 0.492 e. The summed E-state index contributed by atoms with van der Waals surface area (Å²) in [6.45, 7) is 2.50. The lowest BCUT2D eigenvalue weighted by atomic mass is 10.3. The topological polar surface area (TPSA) is 54.9 Å². The Morgan fingerprint density at radius 3 is 1.61 bits per heavy atom. The van der Waals surface area contributed by atoms with Crippen LogP contribution >= 0.6 is 0 Å². The summed E-state index contributed by atoms with van der Waals surface area (Å²) in [5.74, 6) is 2.47. The third-order valence-corrected chi connectivity index (χ3v) is 3.04. The summed E-state index contributed by atoms with van der Waals surface area (Å²) in [5.41, 5.74) is 0. The first-order chi connectivity index (χ1) is 11.4. The number of guanidine groups is 1. The van der Waals surface area contributed by atoms with E-state index in [1.54, 1.807) is 7.05 Å². The summed E-state index contributed by atoms with van der Waals surface area (Å²) >= 11 is 0. The number of hydrogen-bond donors (Lipinski definition) is 2. The van der Waals surface area contributed by atoms with Gasteiger partial charge in [-0.05, 0) is 24.3 Å². The Morgan fingerprint density at radius 1 is 0.783 bits per heavy atom. The maximum atomic E-state index is 5.61. The van der Waals surface area contributed by atoms with Crippen LogP contribution in [0.4, 0.5) is 0 Å². The van der Waals surface area contributed by atoms with Crippen LogP contribution in [0.1, 0.15) is 0 Å². The molecule has 0 radical (unpaired) electrons. The molecule has 0 aliphatic rings. The van der Waals surface area contributed by atoms with Crippen molar-refractivity contribution in [2.45, 2.75) is 0 Å². The second-order valence-electron chi connectivity index (χ2n) is 4.75. The van der Waals surface area contributed by atoms with Gasteiger partial charge in [0.2, 0.25) is 0 Å². The van der Waals surface area contributed by atoms with Gasteiger partial charge in [0.1, 0.15) is 24.7 Å². The molecule has 2 aromatic rings. The fourth-order valence-corrected chi connectivity index (χ4v) is 1.93. The molecule has 0 aromatic heterocycles. The summed E-state index contributed by atoms with van der Waals surface area (Å²) in [6, 6.07) is 19.5. The molecule has 0 unspecified atom stereocenters. The van der Waals surface area contributed by atoms with Crippen molar-refractivity contribution in [2.75, 3.05) is 33.4 Å². The van der Waals surface area contributed by atoms with E-state index in [4.69, 9.17) is 9.47 Å². The van der Waals surface area contributed by atoms with E-state index in [1.165, 1.54) is 0 Å². The minimum Gasteiger partial charge on any atom is -0.492 e. The van der Waals surface area contributed by atoms with Crippen molar-refractivity contribution in [3.8, 4) is 11.5 Å². The quantitative estimate of drug-likeness (QED) is 0.446. The first kappa shape index (κ1) is 16.7. The van der Waals surface area contributed by atoms with E-state index in [1.807, 2.05) is 60.7 Å². The van der Waals surface area contributed by atoms with Crippen LogP contribution in [-0.4, -0.2) is 39.3 Å². The molecular weight excluding hydrogens is 290 g/mol. The maximum absolute atomic E-state index is 5.61. The normalized spacial score (nSPS) is 9.78. The number of aliphatic imine (C=N–C) groups is 1. The van der Waals surface area contributed by atoms with Crippen LogP contribution < -0.4 is 20.1 Å². The first-order valence-electron chi connectivity index (χ1n) is 7.68. The molecule has 2 aromatic carbocycles. The van der Waals surface area contributed by atoms with E-state index >= 15 is 0 Å². The van der Waals surface area contributed by atoms with E-state index < -0.39 is 0 Å². The summed E-state index contributed by atoms with van der Waals surface area (Å²) in [5, 5.41) is 6.39. The molecule has 2 rings (SSSR count). The number of rotatable bonds is 8. The highest BCUT2D eigenvalue weighted by atomic mass is 16.5. The fraction of sp³-hybridized carbons (Fsp3) is 0.278. The Morgan fingerprint density at radius 2 is 1.22 bits per heavy atom. The van der Waals surface area contributed by atoms with E-state index in [9.17, 15) is 0 Å². The van der Waals surface area contributed by atoms with Gasteiger partial charge in [0.15, 0.2) is 5.96 Å². The van der Waals surface area contributed by atoms with Gasteiger partial charge in [-0.3, -0.25) is 4.99 Å². The van der Waals surface area contributed by atoms with Gasteiger partial charge < -0.3 is 20.1 Å². The first-order valence-corrected chi connectivity index (χ1v) is 7.68. The van der Waals surface area contributed by atoms with Crippen molar-refractivity contribution in [2.24, 2.45) is 4.99 Å². The van der Waals surface area contributed by atoms with Crippen molar-refractivity contribution in [3.63, 3.8) is 0 Å². The predicted octanol–water partition coefficient (Wildman–Crippen LogP) is 2.31. The number of nitrogens with one attached hydrogen (secondary N) is 2. The molecule has 0 aliphatic carbocycles. The maximum Gasteiger partial charge on any atom is 0.191 e. The lowest BCUT2D eigenvalue weighted by Gasteiger charge is -2.13. The standard InChI is InChI=1S/C18H23N3O2/c1-19-18(20-12-14-22-16-8-4-2-5-9-16)21-13-15-23-17-10-6-3-7-11-17/h2-11H,12-15H2,1H3,(H2,19,20,21). The molecule has 0 amide bonds. The van der Waals surface area contributed by atoms with Crippen molar-refractivity contribution in [1.29, 1.82) is 0 Å². The molecule has 23 heavy (non-hydrogen) atoms. The van der Waals surface area contributed by atoms with Gasteiger partial charge in [-0.2, -0.15) is 0 Å². The number of nitrogens with zero attached hydrogens (tertiary/aromatic N) is 1.